The first kappa shape index (κ1) is 18.6. The van der Waals surface area contributed by atoms with Crippen molar-refractivity contribution in [2.75, 3.05) is 11.9 Å². The van der Waals surface area contributed by atoms with E-state index in [1.165, 1.54) is 30.0 Å². The number of nitriles is 1. The zero-order valence-electron chi connectivity index (χ0n) is 12.9. The lowest BCUT2D eigenvalue weighted by Crippen LogP contribution is -2.20. The molecule has 7 heteroatoms. The first-order valence-electron chi connectivity index (χ1n) is 7.13. The second-order valence-electron chi connectivity index (χ2n) is 4.69. The number of ether oxygens (including phenoxy) is 1. The summed E-state index contributed by atoms with van der Waals surface area (Å²) in [6.45, 7) is -0.462. The summed E-state index contributed by atoms with van der Waals surface area (Å²) in [5.74, 6) is -1.19. The summed E-state index contributed by atoms with van der Waals surface area (Å²) in [4.78, 5) is 24.4. The maximum atomic E-state index is 11.8. The number of rotatable bonds is 6. The van der Waals surface area contributed by atoms with Crippen molar-refractivity contribution >= 4 is 40.9 Å². The molecule has 25 heavy (non-hydrogen) atoms. The summed E-state index contributed by atoms with van der Waals surface area (Å²) in [6, 6.07) is 15.9. The van der Waals surface area contributed by atoms with Gasteiger partial charge in [0.15, 0.2) is 6.61 Å². The van der Waals surface area contributed by atoms with Gasteiger partial charge in [-0.1, -0.05) is 41.6 Å². The van der Waals surface area contributed by atoms with E-state index in [4.69, 9.17) is 21.6 Å². The Morgan fingerprint density at radius 3 is 2.72 bits per heavy atom. The third kappa shape index (κ3) is 6.34. The second-order valence-corrected chi connectivity index (χ2v) is 6.11. The number of amides is 1. The SMILES string of the molecule is N#Cc1ccc(Cl)cc1NC(=O)COC(=O)/C=C/Sc1ccccc1. The smallest absolute Gasteiger partial charge is 0.331 e. The van der Waals surface area contributed by atoms with Gasteiger partial charge in [0.25, 0.3) is 5.91 Å². The van der Waals surface area contributed by atoms with Crippen molar-refractivity contribution < 1.29 is 14.3 Å². The third-order valence-corrected chi connectivity index (χ3v) is 3.92. The summed E-state index contributed by atoms with van der Waals surface area (Å²) in [7, 11) is 0. The Morgan fingerprint density at radius 1 is 1.24 bits per heavy atom. The molecule has 0 saturated carbocycles. The fourth-order valence-electron chi connectivity index (χ4n) is 1.76. The van der Waals surface area contributed by atoms with E-state index in [-0.39, 0.29) is 11.3 Å². The maximum Gasteiger partial charge on any atom is 0.331 e. The fourth-order valence-corrected chi connectivity index (χ4v) is 2.58. The Balaban J connectivity index is 1.81. The van der Waals surface area contributed by atoms with Crippen molar-refractivity contribution in [1.29, 1.82) is 5.26 Å². The number of hydrogen-bond donors (Lipinski definition) is 1. The maximum absolute atomic E-state index is 11.8. The van der Waals surface area contributed by atoms with Crippen LogP contribution in [0.15, 0.2) is 64.9 Å². The highest BCUT2D eigenvalue weighted by Crippen LogP contribution is 2.20. The zero-order valence-corrected chi connectivity index (χ0v) is 14.5. The number of esters is 1. The number of carbonyl (C=O) groups is 2. The van der Waals surface area contributed by atoms with Crippen molar-refractivity contribution in [2.45, 2.75) is 4.90 Å². The number of hydrogen-bond acceptors (Lipinski definition) is 5. The van der Waals surface area contributed by atoms with E-state index in [1.807, 2.05) is 36.4 Å². The molecular weight excluding hydrogens is 360 g/mol. The molecular formula is C18H13ClN2O3S. The number of thioether (sulfide) groups is 1. The fraction of sp³-hybridized carbons (Fsp3) is 0.0556. The minimum Gasteiger partial charge on any atom is -0.452 e. The molecule has 0 fully saturated rings. The van der Waals surface area contributed by atoms with Gasteiger partial charge in [0.05, 0.1) is 11.3 Å². The van der Waals surface area contributed by atoms with E-state index in [1.54, 1.807) is 11.5 Å². The van der Waals surface area contributed by atoms with Crippen molar-refractivity contribution in [1.82, 2.24) is 0 Å². The number of anilines is 1. The molecule has 0 aliphatic rings. The largest absolute Gasteiger partial charge is 0.452 e. The summed E-state index contributed by atoms with van der Waals surface area (Å²) >= 11 is 7.19. The van der Waals surface area contributed by atoms with Crippen LogP contribution in [0.25, 0.3) is 0 Å². The zero-order chi connectivity index (χ0) is 18.1. The van der Waals surface area contributed by atoms with Crippen molar-refractivity contribution in [2.24, 2.45) is 0 Å². The molecule has 2 aromatic rings. The standard InChI is InChI=1S/C18H13ClN2O3S/c19-14-7-6-13(11-20)16(10-14)21-17(22)12-24-18(23)8-9-25-15-4-2-1-3-5-15/h1-10H,12H2,(H,21,22)/b9-8+. The molecule has 126 valence electrons. The third-order valence-electron chi connectivity index (χ3n) is 2.87. The van der Waals surface area contributed by atoms with Crippen LogP contribution in [0.5, 0.6) is 0 Å². The van der Waals surface area contributed by atoms with Crippen LogP contribution in [0.4, 0.5) is 5.69 Å². The van der Waals surface area contributed by atoms with Crippen molar-refractivity contribution in [3.05, 3.63) is 70.6 Å². The monoisotopic (exact) mass is 372 g/mol. The Bertz CT molecular complexity index is 832. The average molecular weight is 373 g/mol. The molecule has 2 aromatic carbocycles. The molecule has 1 N–H and O–H groups in total. The molecule has 0 aromatic heterocycles. The van der Waals surface area contributed by atoms with Crippen LogP contribution in [0, 0.1) is 11.3 Å². The summed E-state index contributed by atoms with van der Waals surface area (Å²) in [5.41, 5.74) is 0.537. The minimum absolute atomic E-state index is 0.267. The number of halogens is 1. The first-order chi connectivity index (χ1) is 12.1. The molecule has 0 aliphatic heterocycles. The molecule has 0 radical (unpaired) electrons. The molecule has 0 bridgehead atoms. The van der Waals surface area contributed by atoms with Crippen LogP contribution in [-0.2, 0) is 14.3 Å². The predicted octanol–water partition coefficient (Wildman–Crippen LogP) is 4.00. The topological polar surface area (TPSA) is 79.2 Å². The van der Waals surface area contributed by atoms with Gasteiger partial charge >= 0.3 is 5.97 Å². The van der Waals surface area contributed by atoms with Gasteiger partial charge in [-0.2, -0.15) is 5.26 Å². The summed E-state index contributed by atoms with van der Waals surface area (Å²) in [5, 5.41) is 13.4. The summed E-state index contributed by atoms with van der Waals surface area (Å²) in [6.07, 6.45) is 1.24. The number of nitrogens with zero attached hydrogens (tertiary/aromatic N) is 1. The van der Waals surface area contributed by atoms with Gasteiger partial charge in [0, 0.05) is 16.0 Å². The van der Waals surface area contributed by atoms with Gasteiger partial charge in [0.2, 0.25) is 0 Å². The van der Waals surface area contributed by atoms with Gasteiger partial charge in [-0.3, -0.25) is 4.79 Å². The Labute approximate surface area is 154 Å². The van der Waals surface area contributed by atoms with E-state index in [2.05, 4.69) is 5.32 Å². The molecule has 0 spiro atoms. The highest BCUT2D eigenvalue weighted by atomic mass is 35.5. The number of nitrogens with one attached hydrogen (secondary N) is 1. The Hall–Kier alpha value is -2.75. The first-order valence-corrected chi connectivity index (χ1v) is 8.39. The normalized spacial score (nSPS) is 10.2. The van der Waals surface area contributed by atoms with Gasteiger partial charge in [-0.25, -0.2) is 4.79 Å². The van der Waals surface area contributed by atoms with E-state index in [0.29, 0.717) is 5.02 Å². The highest BCUT2D eigenvalue weighted by Gasteiger charge is 2.09. The Kier molecular flexibility index (Phi) is 7.08. The predicted molar refractivity (Wildman–Crippen MR) is 97.2 cm³/mol. The second kappa shape index (κ2) is 9.52. The molecule has 0 atom stereocenters. The van der Waals surface area contributed by atoms with Gasteiger partial charge in [0.1, 0.15) is 6.07 Å². The minimum atomic E-state index is -0.634. The highest BCUT2D eigenvalue weighted by molar-refractivity contribution is 8.02. The molecule has 1 amide bonds. The van der Waals surface area contributed by atoms with Crippen LogP contribution in [0.2, 0.25) is 5.02 Å². The van der Waals surface area contributed by atoms with Crippen molar-refractivity contribution in [3.8, 4) is 6.07 Å². The molecule has 0 heterocycles. The van der Waals surface area contributed by atoms with Gasteiger partial charge in [-0.15, -0.1) is 0 Å². The van der Waals surface area contributed by atoms with Gasteiger partial charge < -0.3 is 10.1 Å². The molecule has 2 rings (SSSR count). The molecule has 0 saturated heterocycles. The van der Waals surface area contributed by atoms with E-state index >= 15 is 0 Å². The Morgan fingerprint density at radius 2 is 2.00 bits per heavy atom. The number of benzene rings is 2. The van der Waals surface area contributed by atoms with Crippen LogP contribution >= 0.6 is 23.4 Å². The van der Waals surface area contributed by atoms with Crippen LogP contribution in [0.1, 0.15) is 5.56 Å². The quantitative estimate of drug-likeness (QED) is 0.471. The van der Waals surface area contributed by atoms with Crippen LogP contribution in [0.3, 0.4) is 0 Å². The summed E-state index contributed by atoms with van der Waals surface area (Å²) < 4.78 is 4.85. The number of carbonyl (C=O) groups excluding carboxylic acids is 2. The van der Waals surface area contributed by atoms with Crippen LogP contribution < -0.4 is 5.32 Å². The average Bonchev–Trinajstić information content (AvgIpc) is 2.61. The van der Waals surface area contributed by atoms with E-state index < -0.39 is 18.5 Å². The molecule has 5 nitrogen and oxygen atoms in total. The van der Waals surface area contributed by atoms with Crippen molar-refractivity contribution in [3.63, 3.8) is 0 Å². The van der Waals surface area contributed by atoms with E-state index in [0.717, 1.165) is 4.90 Å². The lowest BCUT2D eigenvalue weighted by Gasteiger charge is -2.07. The lowest BCUT2D eigenvalue weighted by atomic mass is 10.2. The molecule has 0 unspecified atom stereocenters. The van der Waals surface area contributed by atoms with E-state index in [9.17, 15) is 9.59 Å². The van der Waals surface area contributed by atoms with Gasteiger partial charge in [-0.05, 0) is 35.7 Å². The van der Waals surface area contributed by atoms with Crippen LogP contribution in [-0.4, -0.2) is 18.5 Å². The molecule has 0 aliphatic carbocycles. The lowest BCUT2D eigenvalue weighted by molar-refractivity contribution is -0.142.